The first-order valence-corrected chi connectivity index (χ1v) is 13.0. The molecule has 42 heavy (non-hydrogen) atoms. The molecule has 0 aliphatic rings. The van der Waals surface area contributed by atoms with Crippen LogP contribution < -0.4 is 15.6 Å². The minimum Gasteiger partial charge on any atom is -0.514 e. The third-order valence-electron chi connectivity index (χ3n) is 6.29. The van der Waals surface area contributed by atoms with Crippen molar-refractivity contribution in [1.29, 1.82) is 0 Å². The number of amides is 1. The molecule has 0 aliphatic heterocycles. The van der Waals surface area contributed by atoms with Crippen molar-refractivity contribution in [3.63, 3.8) is 0 Å². The molecular formula is C30H22B3ClN2O6. The number of halogens is 1. The van der Waals surface area contributed by atoms with Gasteiger partial charge in [-0.05, 0) is 65.8 Å². The van der Waals surface area contributed by atoms with Gasteiger partial charge in [-0.2, -0.15) is 0 Å². The Morgan fingerprint density at radius 1 is 0.976 bits per heavy atom. The molecule has 0 unspecified atom stereocenters. The number of ketones is 1. The number of hydrogen-bond donors (Lipinski definition) is 2. The first kappa shape index (κ1) is 30.5. The lowest BCUT2D eigenvalue weighted by atomic mass is 9.52. The van der Waals surface area contributed by atoms with Gasteiger partial charge in [0.25, 0.3) is 5.56 Å². The Bertz CT molecular complexity index is 1700. The number of carbonyl (C=O) groups excluding carboxylic acids is 2. The lowest BCUT2D eigenvalue weighted by Crippen LogP contribution is -2.39. The van der Waals surface area contributed by atoms with Crippen molar-refractivity contribution < 1.29 is 24.2 Å². The number of rotatable bonds is 10. The summed E-state index contributed by atoms with van der Waals surface area (Å²) < 4.78 is 6.77. The van der Waals surface area contributed by atoms with Crippen LogP contribution in [0.4, 0.5) is 5.69 Å². The van der Waals surface area contributed by atoms with Crippen molar-refractivity contribution in [2.75, 3.05) is 5.32 Å². The number of anilines is 1. The van der Waals surface area contributed by atoms with Gasteiger partial charge in [-0.1, -0.05) is 41.9 Å². The summed E-state index contributed by atoms with van der Waals surface area (Å²) in [4.78, 5) is 50.9. The van der Waals surface area contributed by atoms with Gasteiger partial charge in [0.1, 0.15) is 35.3 Å². The van der Waals surface area contributed by atoms with Crippen LogP contribution in [0.1, 0.15) is 39.2 Å². The SMILES string of the molecule is [B]C([B])([B])Oc1cn([C@H](Cc2ccccc2)C(=O)Nc2ccc(C(=O)O)cc2)c(=O)cc1-c1cc(Cl)ccc1C(C)=O. The zero-order valence-corrected chi connectivity index (χ0v) is 23.2. The van der Waals surface area contributed by atoms with E-state index in [0.29, 0.717) is 10.7 Å². The Kier molecular flexibility index (Phi) is 9.12. The number of nitrogens with zero attached hydrogens (tertiary/aromatic N) is 1. The van der Waals surface area contributed by atoms with E-state index in [4.69, 9.17) is 39.9 Å². The highest BCUT2D eigenvalue weighted by atomic mass is 35.5. The van der Waals surface area contributed by atoms with E-state index >= 15 is 0 Å². The standard InChI is InChI=1S/C30H22B3ClN2O6/c1-17(37)22-12-9-20(34)14-23(22)24-15-27(38)36(16-26(24)42-30(31,32)33)25(13-18-5-3-2-4-6-18)28(39)35-21-10-7-19(8-11-21)29(40)41/h2-12,14-16,25H,13H2,1H3,(H,35,39)(H,40,41)/t25-/m1/s1. The van der Waals surface area contributed by atoms with Crippen molar-refractivity contribution in [3.05, 3.63) is 117 Å². The molecular weight excluding hydrogens is 552 g/mol. The van der Waals surface area contributed by atoms with Gasteiger partial charge < -0.3 is 15.2 Å². The lowest BCUT2D eigenvalue weighted by molar-refractivity contribution is -0.119. The second-order valence-electron chi connectivity index (χ2n) is 9.58. The molecule has 1 atom stereocenters. The van der Waals surface area contributed by atoms with Gasteiger partial charge in [-0.15, -0.1) is 0 Å². The zero-order valence-electron chi connectivity index (χ0n) is 22.4. The molecule has 6 radical (unpaired) electrons. The number of nitrogens with one attached hydrogen (secondary N) is 1. The summed E-state index contributed by atoms with van der Waals surface area (Å²) >= 11 is 6.22. The van der Waals surface area contributed by atoms with Crippen molar-refractivity contribution >= 4 is 58.5 Å². The molecule has 0 saturated carbocycles. The zero-order chi connectivity index (χ0) is 30.6. The maximum atomic E-state index is 13.7. The fourth-order valence-corrected chi connectivity index (χ4v) is 4.55. The number of Topliss-reactive ketones (excluding diaryl/α,β-unsaturated/α-hetero) is 1. The first-order valence-electron chi connectivity index (χ1n) is 12.6. The normalized spacial score (nSPS) is 11.9. The molecule has 8 nitrogen and oxygen atoms in total. The third-order valence-corrected chi connectivity index (χ3v) is 6.53. The molecule has 1 aromatic heterocycles. The molecule has 0 fully saturated rings. The number of carboxylic acid groups (broad SMARTS) is 1. The Balaban J connectivity index is 1.86. The van der Waals surface area contributed by atoms with Gasteiger partial charge in [0, 0.05) is 34.3 Å². The minimum atomic E-state index is -2.19. The molecule has 0 spiro atoms. The smallest absolute Gasteiger partial charge is 0.335 e. The van der Waals surface area contributed by atoms with Crippen LogP contribution in [0.5, 0.6) is 5.75 Å². The Hall–Kier alpha value is -4.50. The molecule has 2 N–H and O–H groups in total. The summed E-state index contributed by atoms with van der Waals surface area (Å²) in [5.74, 6) is -2.07. The van der Waals surface area contributed by atoms with Gasteiger partial charge in [-0.25, -0.2) is 4.79 Å². The monoisotopic (exact) mass is 574 g/mol. The van der Waals surface area contributed by atoms with Crippen LogP contribution in [0.15, 0.2) is 89.9 Å². The lowest BCUT2D eigenvalue weighted by Gasteiger charge is -2.27. The summed E-state index contributed by atoms with van der Waals surface area (Å²) in [7, 11) is 17.3. The molecule has 12 heteroatoms. The highest BCUT2D eigenvalue weighted by Gasteiger charge is 2.26. The summed E-state index contributed by atoms with van der Waals surface area (Å²) in [5, 5.41) is 10.0. The molecule has 1 heterocycles. The van der Waals surface area contributed by atoms with Gasteiger partial charge >= 0.3 is 5.97 Å². The number of carbonyl (C=O) groups is 3. The van der Waals surface area contributed by atoms with E-state index in [9.17, 15) is 24.3 Å². The van der Waals surface area contributed by atoms with Gasteiger partial charge in [0.05, 0.1) is 11.8 Å². The van der Waals surface area contributed by atoms with Gasteiger partial charge in [-0.3, -0.25) is 19.0 Å². The van der Waals surface area contributed by atoms with E-state index in [1.165, 1.54) is 61.7 Å². The first-order chi connectivity index (χ1) is 19.8. The Morgan fingerprint density at radius 2 is 1.64 bits per heavy atom. The topological polar surface area (TPSA) is 115 Å². The van der Waals surface area contributed by atoms with Crippen LogP contribution >= 0.6 is 11.6 Å². The maximum absolute atomic E-state index is 13.7. The van der Waals surface area contributed by atoms with E-state index in [-0.39, 0.29) is 40.2 Å². The van der Waals surface area contributed by atoms with Crippen LogP contribution in [0.3, 0.4) is 0 Å². The third kappa shape index (κ3) is 7.41. The summed E-state index contributed by atoms with van der Waals surface area (Å²) in [6, 6.07) is 19.2. The molecule has 4 aromatic rings. The largest absolute Gasteiger partial charge is 0.514 e. The summed E-state index contributed by atoms with van der Waals surface area (Å²) in [6.07, 6.45) is 1.35. The van der Waals surface area contributed by atoms with Crippen molar-refractivity contribution in [1.82, 2.24) is 4.57 Å². The highest BCUT2D eigenvalue weighted by molar-refractivity contribution is 6.58. The minimum absolute atomic E-state index is 0.0437. The fraction of sp³-hybridized carbons (Fsp3) is 0.133. The molecule has 0 bridgehead atoms. The number of pyridine rings is 1. The second-order valence-corrected chi connectivity index (χ2v) is 10.0. The number of aromatic carboxylic acids is 1. The van der Waals surface area contributed by atoms with E-state index in [1.807, 2.05) is 6.07 Å². The molecule has 204 valence electrons. The number of benzene rings is 3. The van der Waals surface area contributed by atoms with Crippen LogP contribution in [0.2, 0.25) is 5.02 Å². The van der Waals surface area contributed by atoms with Crippen molar-refractivity contribution in [3.8, 4) is 16.9 Å². The van der Waals surface area contributed by atoms with Crippen molar-refractivity contribution in [2.45, 2.75) is 24.7 Å². The van der Waals surface area contributed by atoms with Crippen molar-refractivity contribution in [2.24, 2.45) is 0 Å². The average Bonchev–Trinajstić information content (AvgIpc) is 2.92. The highest BCUT2D eigenvalue weighted by Crippen LogP contribution is 2.35. The van der Waals surface area contributed by atoms with Crippen LogP contribution in [0.25, 0.3) is 11.1 Å². The molecule has 3 aromatic carbocycles. The van der Waals surface area contributed by atoms with Crippen LogP contribution in [-0.2, 0) is 11.2 Å². The summed E-state index contributed by atoms with van der Waals surface area (Å²) in [5.41, 5.74) is 1.17. The molecule has 4 rings (SSSR count). The van der Waals surface area contributed by atoms with Crippen LogP contribution in [-0.4, -0.2) is 56.2 Å². The van der Waals surface area contributed by atoms with E-state index < -0.39 is 28.8 Å². The number of hydrogen-bond acceptors (Lipinski definition) is 5. The quantitative estimate of drug-likeness (QED) is 0.219. The fourth-order valence-electron chi connectivity index (χ4n) is 4.38. The second kappa shape index (κ2) is 12.6. The molecule has 1 amide bonds. The number of aromatic nitrogens is 1. The molecule has 0 saturated heterocycles. The number of carboxylic acids is 1. The average molecular weight is 574 g/mol. The molecule has 0 aliphatic carbocycles. The predicted octanol–water partition coefficient (Wildman–Crippen LogP) is 3.99. The van der Waals surface area contributed by atoms with E-state index in [2.05, 4.69) is 5.32 Å². The predicted molar refractivity (Wildman–Crippen MR) is 163 cm³/mol. The number of ether oxygens (including phenoxy) is 1. The maximum Gasteiger partial charge on any atom is 0.335 e. The van der Waals surface area contributed by atoms with E-state index in [0.717, 1.165) is 10.1 Å². The Morgan fingerprint density at radius 3 is 2.24 bits per heavy atom. The van der Waals surface area contributed by atoms with E-state index in [1.54, 1.807) is 24.3 Å². The Labute approximate surface area is 250 Å². The summed E-state index contributed by atoms with van der Waals surface area (Å²) in [6.45, 7) is 1.36. The van der Waals surface area contributed by atoms with Gasteiger partial charge in [0.2, 0.25) is 5.91 Å². The van der Waals surface area contributed by atoms with Gasteiger partial charge in [0.15, 0.2) is 5.78 Å². The van der Waals surface area contributed by atoms with Crippen LogP contribution in [0, 0.1) is 0 Å².